The summed E-state index contributed by atoms with van der Waals surface area (Å²) in [5.41, 5.74) is 0.716. The second kappa shape index (κ2) is 9.29. The van der Waals surface area contributed by atoms with Crippen molar-refractivity contribution in [2.45, 2.75) is 41.1 Å². The molecule has 1 amide bonds. The molecule has 1 aliphatic heterocycles. The quantitative estimate of drug-likeness (QED) is 0.309. The number of benzene rings is 2. The molecule has 0 spiro atoms. The summed E-state index contributed by atoms with van der Waals surface area (Å²) in [6.45, 7) is 0. The lowest BCUT2D eigenvalue weighted by molar-refractivity contribution is -0.159. The molecular weight excluding hydrogens is 524 g/mol. The molecule has 170 valence electrons. The van der Waals surface area contributed by atoms with E-state index in [1.54, 1.807) is 18.2 Å². The minimum Gasteiger partial charge on any atom is -0.353 e. The van der Waals surface area contributed by atoms with Crippen LogP contribution in [0.25, 0.3) is 0 Å². The first kappa shape index (κ1) is 24.1. The van der Waals surface area contributed by atoms with Gasteiger partial charge in [-0.25, -0.2) is 4.40 Å². The zero-order valence-electron chi connectivity index (χ0n) is 16.3. The Morgan fingerprint density at radius 3 is 2.44 bits per heavy atom. The first-order valence-corrected chi connectivity index (χ1v) is 12.5. The molecule has 2 aromatic rings. The summed E-state index contributed by atoms with van der Waals surface area (Å²) in [7, 11) is 0. The molecule has 0 radical (unpaired) electrons. The average molecular weight is 540 g/mol. The van der Waals surface area contributed by atoms with Crippen LogP contribution in [0.2, 0.25) is 15.1 Å². The Balaban J connectivity index is 1.53. The summed E-state index contributed by atoms with van der Waals surface area (Å²) in [6, 6.07) is 9.16. The fraction of sp³-hybridized carbons (Fsp3) is 0.333. The van der Waals surface area contributed by atoms with Gasteiger partial charge in [-0.15, -0.1) is 11.8 Å². The predicted octanol–water partition coefficient (Wildman–Crippen LogP) is 7.32. The lowest BCUT2D eigenvalue weighted by atomic mass is 9.89. The molecule has 2 aliphatic rings. The van der Waals surface area contributed by atoms with Crippen molar-refractivity contribution in [1.82, 2.24) is 5.32 Å². The van der Waals surface area contributed by atoms with Gasteiger partial charge in [0.15, 0.2) is 4.75 Å². The Hall–Kier alpha value is -1.06. The number of amides is 1. The standard InChI is InChI=1S/C21H16Cl3F3N2OS2/c22-13-6-12(7-14(23)8-13)20(21(25,26)27)9-17(29-32-20)11-1-4-18(16(24)5-11)31-10-19(30)28-15-2-3-15/h1,4-8,15H,2-3,9-10H2,(H,28,30). The Labute approximate surface area is 206 Å². The highest BCUT2D eigenvalue weighted by molar-refractivity contribution is 8.00. The van der Waals surface area contributed by atoms with Gasteiger partial charge in [0.1, 0.15) is 0 Å². The van der Waals surface area contributed by atoms with Gasteiger partial charge in [0, 0.05) is 27.4 Å². The number of rotatable bonds is 6. The van der Waals surface area contributed by atoms with Crippen LogP contribution in [0.15, 0.2) is 45.7 Å². The van der Waals surface area contributed by atoms with Gasteiger partial charge in [0.05, 0.1) is 16.5 Å². The fourth-order valence-corrected chi connectivity index (χ4v) is 5.85. The molecule has 1 atom stereocenters. The lowest BCUT2D eigenvalue weighted by Crippen LogP contribution is -2.38. The number of nitrogens with zero attached hydrogens (tertiary/aromatic N) is 1. The Kier molecular flexibility index (Phi) is 6.99. The van der Waals surface area contributed by atoms with E-state index in [9.17, 15) is 18.0 Å². The van der Waals surface area contributed by atoms with Crippen LogP contribution in [0.1, 0.15) is 30.4 Å². The number of carbonyl (C=O) groups excluding carboxylic acids is 1. The normalized spacial score (nSPS) is 20.9. The van der Waals surface area contributed by atoms with Gasteiger partial charge in [-0.05, 0) is 66.2 Å². The van der Waals surface area contributed by atoms with E-state index in [0.717, 1.165) is 12.8 Å². The number of nitrogens with one attached hydrogen (secondary N) is 1. The molecule has 2 aromatic carbocycles. The topological polar surface area (TPSA) is 41.5 Å². The first-order chi connectivity index (χ1) is 15.1. The monoisotopic (exact) mass is 538 g/mol. The molecule has 0 bridgehead atoms. The first-order valence-electron chi connectivity index (χ1n) is 9.58. The molecule has 11 heteroatoms. The van der Waals surface area contributed by atoms with Crippen LogP contribution in [-0.4, -0.2) is 29.6 Å². The van der Waals surface area contributed by atoms with Gasteiger partial charge in [-0.3, -0.25) is 4.79 Å². The van der Waals surface area contributed by atoms with Crippen molar-refractivity contribution in [2.75, 3.05) is 5.75 Å². The van der Waals surface area contributed by atoms with Crippen molar-refractivity contribution in [3.05, 3.63) is 62.6 Å². The predicted molar refractivity (Wildman–Crippen MR) is 126 cm³/mol. The zero-order valence-corrected chi connectivity index (χ0v) is 20.2. The summed E-state index contributed by atoms with van der Waals surface area (Å²) in [4.78, 5) is 12.6. The summed E-state index contributed by atoms with van der Waals surface area (Å²) < 4.78 is 44.5. The summed E-state index contributed by atoms with van der Waals surface area (Å²) in [5.74, 6) is 0.156. The molecule has 1 saturated carbocycles. The van der Waals surface area contributed by atoms with Crippen molar-refractivity contribution in [2.24, 2.45) is 4.40 Å². The van der Waals surface area contributed by atoms with Crippen molar-refractivity contribution in [3.8, 4) is 0 Å². The largest absolute Gasteiger partial charge is 0.409 e. The molecule has 1 N–H and O–H groups in total. The number of thioether (sulfide) groups is 1. The molecular formula is C21H16Cl3F3N2OS2. The van der Waals surface area contributed by atoms with Crippen LogP contribution < -0.4 is 5.32 Å². The maximum atomic E-state index is 14.2. The summed E-state index contributed by atoms with van der Waals surface area (Å²) in [6.07, 6.45) is -2.96. The van der Waals surface area contributed by atoms with E-state index in [1.165, 1.54) is 30.0 Å². The van der Waals surface area contributed by atoms with E-state index >= 15 is 0 Å². The molecule has 0 aromatic heterocycles. The second-order valence-electron chi connectivity index (χ2n) is 7.56. The number of halogens is 6. The molecule has 1 fully saturated rings. The molecule has 3 nitrogen and oxygen atoms in total. The number of hydrogen-bond donors (Lipinski definition) is 1. The molecule has 1 unspecified atom stereocenters. The van der Waals surface area contributed by atoms with Gasteiger partial charge in [-0.2, -0.15) is 13.2 Å². The number of carbonyl (C=O) groups is 1. The smallest absolute Gasteiger partial charge is 0.353 e. The number of alkyl halides is 3. The van der Waals surface area contributed by atoms with Crippen LogP contribution >= 0.6 is 58.5 Å². The third-order valence-corrected chi connectivity index (χ3v) is 8.25. The van der Waals surface area contributed by atoms with Crippen LogP contribution in [0.3, 0.4) is 0 Å². The minimum absolute atomic E-state index is 0.0498. The Morgan fingerprint density at radius 1 is 1.16 bits per heavy atom. The third kappa shape index (κ3) is 5.20. The highest BCUT2D eigenvalue weighted by atomic mass is 35.5. The van der Waals surface area contributed by atoms with E-state index in [-0.39, 0.29) is 45.4 Å². The van der Waals surface area contributed by atoms with Gasteiger partial charge >= 0.3 is 6.18 Å². The van der Waals surface area contributed by atoms with Crippen molar-refractivity contribution in [1.29, 1.82) is 0 Å². The lowest BCUT2D eigenvalue weighted by Gasteiger charge is -2.30. The van der Waals surface area contributed by atoms with E-state index in [1.807, 2.05) is 0 Å². The summed E-state index contributed by atoms with van der Waals surface area (Å²) >= 11 is 20.0. The van der Waals surface area contributed by atoms with Crippen LogP contribution in [-0.2, 0) is 9.54 Å². The molecule has 0 saturated heterocycles. The van der Waals surface area contributed by atoms with Gasteiger partial charge in [0.25, 0.3) is 0 Å². The average Bonchev–Trinajstić information content (AvgIpc) is 3.38. The molecule has 32 heavy (non-hydrogen) atoms. The van der Waals surface area contributed by atoms with Crippen LogP contribution in [0, 0.1) is 0 Å². The Bertz CT molecular complexity index is 1070. The van der Waals surface area contributed by atoms with Gasteiger partial charge in [0.2, 0.25) is 5.91 Å². The number of hydrogen-bond acceptors (Lipinski definition) is 4. The SMILES string of the molecule is O=C(CSc1ccc(C2=NSC(c3cc(Cl)cc(Cl)c3)(C(F)(F)F)C2)cc1Cl)NC1CC1. The van der Waals surface area contributed by atoms with Crippen molar-refractivity contribution >= 4 is 70.1 Å². The minimum atomic E-state index is -4.59. The maximum Gasteiger partial charge on any atom is 0.409 e. The van der Waals surface area contributed by atoms with Crippen LogP contribution in [0.4, 0.5) is 13.2 Å². The van der Waals surface area contributed by atoms with E-state index in [2.05, 4.69) is 9.71 Å². The highest BCUT2D eigenvalue weighted by Crippen LogP contribution is 2.57. The molecule has 4 rings (SSSR count). The molecule has 1 aliphatic carbocycles. The highest BCUT2D eigenvalue weighted by Gasteiger charge is 2.60. The van der Waals surface area contributed by atoms with Crippen LogP contribution in [0.5, 0.6) is 0 Å². The van der Waals surface area contributed by atoms with Gasteiger partial charge in [-0.1, -0.05) is 40.9 Å². The fourth-order valence-electron chi connectivity index (χ4n) is 3.28. The van der Waals surface area contributed by atoms with E-state index in [4.69, 9.17) is 34.8 Å². The second-order valence-corrected chi connectivity index (χ2v) is 10.9. The van der Waals surface area contributed by atoms with E-state index in [0.29, 0.717) is 27.4 Å². The Morgan fingerprint density at radius 2 is 1.84 bits per heavy atom. The van der Waals surface area contributed by atoms with Crippen molar-refractivity contribution < 1.29 is 18.0 Å². The summed E-state index contributed by atoms with van der Waals surface area (Å²) in [5, 5.41) is 3.50. The maximum absolute atomic E-state index is 14.2. The zero-order chi connectivity index (χ0) is 23.1. The van der Waals surface area contributed by atoms with Gasteiger partial charge < -0.3 is 5.32 Å². The van der Waals surface area contributed by atoms with Crippen molar-refractivity contribution in [3.63, 3.8) is 0 Å². The molecule has 1 heterocycles. The third-order valence-electron chi connectivity index (χ3n) is 5.08. The van der Waals surface area contributed by atoms with E-state index < -0.39 is 10.9 Å².